The van der Waals surface area contributed by atoms with Crippen LogP contribution in [0.15, 0.2) is 0 Å². The maximum absolute atomic E-state index is 5.47. The molecule has 37 valence electrons. The molecule has 0 nitrogen and oxygen atoms in total. The second-order valence-electron chi connectivity index (χ2n) is 1.39. The molecule has 1 heteroatoms. The molecule has 0 aliphatic rings. The third-order valence-electron chi connectivity index (χ3n) is 0.602. The molecule has 1 atom stereocenters. The van der Waals surface area contributed by atoms with Crippen LogP contribution in [0.25, 0.3) is 0 Å². The van der Waals surface area contributed by atoms with E-state index in [1.165, 1.54) is 0 Å². The van der Waals surface area contributed by atoms with Crippen molar-refractivity contribution in [3.63, 3.8) is 0 Å². The van der Waals surface area contributed by atoms with Crippen LogP contribution in [0.4, 0.5) is 0 Å². The van der Waals surface area contributed by atoms with E-state index in [0.29, 0.717) is 0 Å². The maximum atomic E-state index is 5.47. The Hall–Kier alpha value is 0.290. The second-order valence-corrected chi connectivity index (χ2v) is 2.00. The van der Waals surface area contributed by atoms with Crippen molar-refractivity contribution in [2.24, 2.45) is 0 Å². The van der Waals surface area contributed by atoms with E-state index in [9.17, 15) is 0 Å². The summed E-state index contributed by atoms with van der Waals surface area (Å²) >= 11 is 5.47. The maximum Gasteiger partial charge on any atom is 0.0336 e. The Balaban J connectivity index is 2.63. The molecule has 0 N–H and O–H groups in total. The predicted molar refractivity (Wildman–Crippen MR) is 29.9 cm³/mol. The van der Waals surface area contributed by atoms with Gasteiger partial charge in [0.1, 0.15) is 0 Å². The van der Waals surface area contributed by atoms with Gasteiger partial charge in [-0.1, -0.05) is 13.3 Å². The number of hydrogen-bond donors (Lipinski definition) is 0. The van der Waals surface area contributed by atoms with Gasteiger partial charge in [0.15, 0.2) is 0 Å². The Kier molecular flexibility index (Phi) is 3.65. The fourth-order valence-electron chi connectivity index (χ4n) is 0.313. The van der Waals surface area contributed by atoms with Crippen molar-refractivity contribution in [1.82, 2.24) is 0 Å². The van der Waals surface area contributed by atoms with Gasteiger partial charge in [0.2, 0.25) is 0 Å². The average molecular weight is 106 g/mol. The fourth-order valence-corrected chi connectivity index (χ4v) is 0.531. The van der Waals surface area contributed by atoms with Gasteiger partial charge in [0, 0.05) is 5.38 Å². The Labute approximate surface area is 44.5 Å². The molecular formula is C5H10Cl. The highest BCUT2D eigenvalue weighted by molar-refractivity contribution is 6.21. The van der Waals surface area contributed by atoms with E-state index in [4.69, 9.17) is 11.6 Å². The lowest BCUT2D eigenvalue weighted by Crippen LogP contribution is -1.86. The molecule has 0 bridgehead atoms. The number of alkyl halides is 1. The van der Waals surface area contributed by atoms with E-state index in [2.05, 4.69) is 13.8 Å². The van der Waals surface area contributed by atoms with Crippen LogP contribution in [0.2, 0.25) is 0 Å². The molecule has 1 radical (unpaired) electrons. The Morgan fingerprint density at radius 2 is 2.33 bits per heavy atom. The van der Waals surface area contributed by atoms with Crippen molar-refractivity contribution >= 4 is 11.6 Å². The zero-order valence-electron chi connectivity index (χ0n) is 4.08. The van der Waals surface area contributed by atoms with Gasteiger partial charge in [0.05, 0.1) is 0 Å². The zero-order valence-corrected chi connectivity index (χ0v) is 4.83. The molecule has 0 aliphatic heterocycles. The second kappa shape index (κ2) is 3.48. The summed E-state index contributed by atoms with van der Waals surface area (Å²) in [4.78, 5) is 0. The molecule has 6 heavy (non-hydrogen) atoms. The average Bonchev–Trinajstić information content (AvgIpc) is 1.35. The summed E-state index contributed by atoms with van der Waals surface area (Å²) in [7, 11) is 0. The van der Waals surface area contributed by atoms with Crippen LogP contribution in [-0.2, 0) is 0 Å². The third kappa shape index (κ3) is 4.29. The van der Waals surface area contributed by atoms with Crippen LogP contribution >= 0.6 is 11.6 Å². The minimum Gasteiger partial charge on any atom is -0.123 e. The molecule has 0 saturated carbocycles. The number of rotatable bonds is 2. The summed E-state index contributed by atoms with van der Waals surface area (Å²) in [6.07, 6.45) is 2.17. The van der Waals surface area contributed by atoms with Crippen LogP contribution in [0.1, 0.15) is 19.8 Å². The van der Waals surface area contributed by atoms with Gasteiger partial charge < -0.3 is 0 Å². The van der Waals surface area contributed by atoms with E-state index in [1.54, 1.807) is 0 Å². The van der Waals surface area contributed by atoms with Gasteiger partial charge in [-0.2, -0.15) is 0 Å². The standard InChI is InChI=1S/C5H10Cl/c1-3-4-5(2)6/h5H,2-4H2,1H3/t5-/m1/s1. The summed E-state index contributed by atoms with van der Waals surface area (Å²) in [5.74, 6) is 0. The van der Waals surface area contributed by atoms with E-state index in [-0.39, 0.29) is 5.38 Å². The molecule has 0 saturated heterocycles. The van der Waals surface area contributed by atoms with Crippen LogP contribution < -0.4 is 0 Å². The highest BCUT2D eigenvalue weighted by atomic mass is 35.5. The lowest BCUT2D eigenvalue weighted by atomic mass is 10.3. The summed E-state index contributed by atoms with van der Waals surface area (Å²) in [6.45, 7) is 5.69. The van der Waals surface area contributed by atoms with E-state index in [1.807, 2.05) is 0 Å². The molecule has 0 unspecified atom stereocenters. The number of halogens is 1. The first kappa shape index (κ1) is 6.29. The normalized spacial score (nSPS) is 14.5. The van der Waals surface area contributed by atoms with Crippen molar-refractivity contribution in [2.45, 2.75) is 25.1 Å². The molecule has 0 amide bonds. The molecular weight excluding hydrogens is 95.5 g/mol. The largest absolute Gasteiger partial charge is 0.123 e. The molecule has 0 aromatic rings. The lowest BCUT2D eigenvalue weighted by Gasteiger charge is -1.93. The molecule has 0 aromatic heterocycles. The molecule has 0 heterocycles. The van der Waals surface area contributed by atoms with Crippen molar-refractivity contribution in [1.29, 1.82) is 0 Å². The molecule has 0 fully saturated rings. The van der Waals surface area contributed by atoms with Gasteiger partial charge in [0.25, 0.3) is 0 Å². The van der Waals surface area contributed by atoms with E-state index in [0.717, 1.165) is 12.8 Å². The quantitative estimate of drug-likeness (QED) is 0.473. The molecule has 0 aliphatic carbocycles. The van der Waals surface area contributed by atoms with Crippen LogP contribution in [0, 0.1) is 6.92 Å². The molecule has 0 spiro atoms. The third-order valence-corrected chi connectivity index (χ3v) is 0.820. The summed E-state index contributed by atoms with van der Waals surface area (Å²) in [5, 5.41) is 0.120. The predicted octanol–water partition coefficient (Wildman–Crippen LogP) is 2.23. The zero-order chi connectivity index (χ0) is 4.99. The first-order chi connectivity index (χ1) is 2.77. The van der Waals surface area contributed by atoms with Crippen LogP contribution in [-0.4, -0.2) is 5.38 Å². The van der Waals surface area contributed by atoms with Gasteiger partial charge in [-0.3, -0.25) is 0 Å². The van der Waals surface area contributed by atoms with Crippen LogP contribution in [0.5, 0.6) is 0 Å². The van der Waals surface area contributed by atoms with Crippen LogP contribution in [0.3, 0.4) is 0 Å². The smallest absolute Gasteiger partial charge is 0.0336 e. The molecule has 0 aromatic carbocycles. The Bertz CT molecular complexity index is 25.1. The summed E-state index contributed by atoms with van der Waals surface area (Å²) in [5.41, 5.74) is 0. The monoisotopic (exact) mass is 105 g/mol. The minimum atomic E-state index is 0.120. The highest BCUT2D eigenvalue weighted by Crippen LogP contribution is 2.00. The summed E-state index contributed by atoms with van der Waals surface area (Å²) in [6, 6.07) is 0. The molecule has 0 rings (SSSR count). The first-order valence-electron chi connectivity index (χ1n) is 2.24. The minimum absolute atomic E-state index is 0.120. The van der Waals surface area contributed by atoms with Gasteiger partial charge in [-0.05, 0) is 13.3 Å². The van der Waals surface area contributed by atoms with E-state index < -0.39 is 0 Å². The number of hydrogen-bond acceptors (Lipinski definition) is 0. The summed E-state index contributed by atoms with van der Waals surface area (Å²) < 4.78 is 0. The van der Waals surface area contributed by atoms with Gasteiger partial charge >= 0.3 is 0 Å². The Morgan fingerprint density at radius 1 is 1.83 bits per heavy atom. The topological polar surface area (TPSA) is 0 Å². The van der Waals surface area contributed by atoms with Crippen molar-refractivity contribution in [3.05, 3.63) is 6.92 Å². The van der Waals surface area contributed by atoms with Crippen molar-refractivity contribution in [2.75, 3.05) is 0 Å². The fraction of sp³-hybridized carbons (Fsp3) is 0.800. The Morgan fingerprint density at radius 3 is 2.33 bits per heavy atom. The lowest BCUT2D eigenvalue weighted by molar-refractivity contribution is 0.819. The van der Waals surface area contributed by atoms with Crippen molar-refractivity contribution in [3.8, 4) is 0 Å². The van der Waals surface area contributed by atoms with E-state index >= 15 is 0 Å². The van der Waals surface area contributed by atoms with Gasteiger partial charge in [-0.15, -0.1) is 11.6 Å². The SMILES string of the molecule is [CH2][C@@H](Cl)CCC. The first-order valence-corrected chi connectivity index (χ1v) is 2.68. The van der Waals surface area contributed by atoms with Gasteiger partial charge in [-0.25, -0.2) is 0 Å². The highest BCUT2D eigenvalue weighted by Gasteiger charge is 1.88. The van der Waals surface area contributed by atoms with Crippen molar-refractivity contribution < 1.29 is 0 Å².